The Morgan fingerprint density at radius 1 is 1.09 bits per heavy atom. The van der Waals surface area contributed by atoms with E-state index in [4.69, 9.17) is 9.47 Å². The first-order valence-electron chi connectivity index (χ1n) is 11.0. The summed E-state index contributed by atoms with van der Waals surface area (Å²) < 4.78 is 50.2. The first kappa shape index (κ1) is 26.3. The second-order valence-electron chi connectivity index (χ2n) is 9.37. The molecule has 0 aromatic heterocycles. The molecule has 1 atom stereocenters. The second kappa shape index (κ2) is 10.1. The predicted octanol–water partition coefficient (Wildman–Crippen LogP) is 2.65. The fraction of sp³-hybridized carbons (Fsp3) is 0.417. The molecular weight excluding hydrogens is 477 g/mol. The molecule has 0 bridgehead atoms. The fourth-order valence-electron chi connectivity index (χ4n) is 3.50. The summed E-state index contributed by atoms with van der Waals surface area (Å²) in [6.07, 6.45) is 0.991. The molecule has 0 fully saturated rings. The van der Waals surface area contributed by atoms with Crippen LogP contribution in [0.2, 0.25) is 0 Å². The summed E-state index contributed by atoms with van der Waals surface area (Å²) in [5.41, 5.74) is 0.268. The number of carbonyl (C=O) groups is 2. The quantitative estimate of drug-likeness (QED) is 0.589. The van der Waals surface area contributed by atoms with Crippen molar-refractivity contribution in [2.75, 3.05) is 23.9 Å². The minimum Gasteiger partial charge on any atom is -0.454 e. The number of hydrogen-bond donors (Lipinski definition) is 1. The van der Waals surface area contributed by atoms with Crippen molar-refractivity contribution < 1.29 is 31.9 Å². The standard InChI is InChI=1S/C24H30FN3O6S/c1-16(23(30)26-24(2,3)4)27(13-17-6-8-18(25)9-7-17)22(29)14-28(35(5,31)32)19-10-11-20-21(12-19)34-15-33-20/h6-12,16H,13-15H2,1-5H3,(H,26,30). The number of nitrogens with one attached hydrogen (secondary N) is 1. The molecule has 0 aliphatic carbocycles. The second-order valence-corrected chi connectivity index (χ2v) is 11.3. The first-order valence-corrected chi connectivity index (χ1v) is 12.8. The molecule has 1 aliphatic heterocycles. The number of nitrogens with zero attached hydrogens (tertiary/aromatic N) is 2. The Balaban J connectivity index is 1.91. The van der Waals surface area contributed by atoms with E-state index < -0.39 is 45.8 Å². The van der Waals surface area contributed by atoms with E-state index in [0.717, 1.165) is 10.6 Å². The molecule has 0 saturated heterocycles. The van der Waals surface area contributed by atoms with Gasteiger partial charge in [-0.3, -0.25) is 13.9 Å². The largest absolute Gasteiger partial charge is 0.454 e. The lowest BCUT2D eigenvalue weighted by molar-refractivity contribution is -0.140. The third kappa shape index (κ3) is 6.84. The van der Waals surface area contributed by atoms with E-state index in [1.165, 1.54) is 41.3 Å². The van der Waals surface area contributed by atoms with E-state index in [0.29, 0.717) is 17.1 Å². The number of anilines is 1. The molecule has 1 N–H and O–H groups in total. The van der Waals surface area contributed by atoms with Crippen LogP contribution in [-0.4, -0.2) is 56.3 Å². The Morgan fingerprint density at radius 2 is 1.71 bits per heavy atom. The number of fused-ring (bicyclic) bond motifs is 1. The predicted molar refractivity (Wildman–Crippen MR) is 129 cm³/mol. The number of sulfonamides is 1. The van der Waals surface area contributed by atoms with Gasteiger partial charge in [0, 0.05) is 18.2 Å². The van der Waals surface area contributed by atoms with Crippen molar-refractivity contribution in [3.63, 3.8) is 0 Å². The third-order valence-corrected chi connectivity index (χ3v) is 6.40. The number of hydrogen-bond acceptors (Lipinski definition) is 6. The molecule has 2 amide bonds. The van der Waals surface area contributed by atoms with Crippen LogP contribution in [0, 0.1) is 5.82 Å². The Bertz CT molecular complexity index is 1190. The zero-order valence-electron chi connectivity index (χ0n) is 20.4. The van der Waals surface area contributed by atoms with Crippen molar-refractivity contribution in [1.82, 2.24) is 10.2 Å². The summed E-state index contributed by atoms with van der Waals surface area (Å²) >= 11 is 0. The SMILES string of the molecule is CC(C(=O)NC(C)(C)C)N(Cc1ccc(F)cc1)C(=O)CN(c1ccc2c(c1)OCO2)S(C)(=O)=O. The Morgan fingerprint density at radius 3 is 2.31 bits per heavy atom. The summed E-state index contributed by atoms with van der Waals surface area (Å²) in [4.78, 5) is 27.7. The maximum absolute atomic E-state index is 13.5. The molecule has 0 saturated carbocycles. The van der Waals surface area contributed by atoms with Crippen molar-refractivity contribution in [1.29, 1.82) is 0 Å². The molecule has 1 aliphatic rings. The van der Waals surface area contributed by atoms with E-state index in [-0.39, 0.29) is 19.0 Å². The van der Waals surface area contributed by atoms with Crippen LogP contribution in [0.1, 0.15) is 33.3 Å². The minimum atomic E-state index is -3.88. The molecule has 9 nitrogen and oxygen atoms in total. The van der Waals surface area contributed by atoms with Gasteiger partial charge in [0.25, 0.3) is 0 Å². The average molecular weight is 508 g/mol. The monoisotopic (exact) mass is 507 g/mol. The Labute approximate surface area is 204 Å². The lowest BCUT2D eigenvalue weighted by Crippen LogP contribution is -2.54. The number of halogens is 1. The van der Waals surface area contributed by atoms with Crippen LogP contribution in [0.15, 0.2) is 42.5 Å². The van der Waals surface area contributed by atoms with Gasteiger partial charge in [-0.15, -0.1) is 0 Å². The third-order valence-electron chi connectivity index (χ3n) is 5.26. The Kier molecular flexibility index (Phi) is 7.59. The molecule has 2 aromatic carbocycles. The molecule has 1 unspecified atom stereocenters. The average Bonchev–Trinajstić information content (AvgIpc) is 3.22. The van der Waals surface area contributed by atoms with Gasteiger partial charge < -0.3 is 19.7 Å². The highest BCUT2D eigenvalue weighted by molar-refractivity contribution is 7.92. The molecule has 11 heteroatoms. The van der Waals surface area contributed by atoms with E-state index in [1.54, 1.807) is 13.0 Å². The molecule has 0 spiro atoms. The highest BCUT2D eigenvalue weighted by atomic mass is 32.2. The first-order chi connectivity index (χ1) is 16.2. The zero-order valence-corrected chi connectivity index (χ0v) is 21.2. The van der Waals surface area contributed by atoms with E-state index in [2.05, 4.69) is 5.32 Å². The van der Waals surface area contributed by atoms with E-state index in [1.807, 2.05) is 20.8 Å². The summed E-state index contributed by atoms with van der Waals surface area (Å²) in [5.74, 6) is -0.601. The smallest absolute Gasteiger partial charge is 0.244 e. The van der Waals surface area contributed by atoms with Gasteiger partial charge >= 0.3 is 0 Å². The van der Waals surface area contributed by atoms with Crippen LogP contribution in [0.5, 0.6) is 11.5 Å². The lowest BCUT2D eigenvalue weighted by atomic mass is 10.1. The summed E-state index contributed by atoms with van der Waals surface area (Å²) in [6, 6.07) is 9.17. The molecule has 3 rings (SSSR count). The van der Waals surface area contributed by atoms with Crippen LogP contribution >= 0.6 is 0 Å². The summed E-state index contributed by atoms with van der Waals surface area (Å²) in [5, 5.41) is 2.84. The van der Waals surface area contributed by atoms with Crippen LogP contribution in [0.4, 0.5) is 10.1 Å². The Hall–Kier alpha value is -3.34. The molecule has 2 aromatic rings. The van der Waals surface area contributed by atoms with Gasteiger partial charge in [-0.05, 0) is 57.5 Å². The molecule has 35 heavy (non-hydrogen) atoms. The molecular formula is C24H30FN3O6S. The van der Waals surface area contributed by atoms with Gasteiger partial charge in [-0.25, -0.2) is 12.8 Å². The van der Waals surface area contributed by atoms with Gasteiger partial charge in [-0.1, -0.05) is 12.1 Å². The van der Waals surface area contributed by atoms with E-state index in [9.17, 15) is 22.4 Å². The number of ether oxygens (including phenoxy) is 2. The van der Waals surface area contributed by atoms with Gasteiger partial charge in [-0.2, -0.15) is 0 Å². The fourth-order valence-corrected chi connectivity index (χ4v) is 4.34. The van der Waals surface area contributed by atoms with Crippen molar-refractivity contribution in [3.8, 4) is 11.5 Å². The van der Waals surface area contributed by atoms with Crippen molar-refractivity contribution in [2.24, 2.45) is 0 Å². The van der Waals surface area contributed by atoms with Gasteiger partial charge in [0.2, 0.25) is 28.6 Å². The topological polar surface area (TPSA) is 105 Å². The number of benzene rings is 2. The van der Waals surface area contributed by atoms with Crippen LogP contribution < -0.4 is 19.1 Å². The van der Waals surface area contributed by atoms with E-state index >= 15 is 0 Å². The van der Waals surface area contributed by atoms with Gasteiger partial charge in [0.15, 0.2) is 11.5 Å². The highest BCUT2D eigenvalue weighted by Crippen LogP contribution is 2.36. The number of carbonyl (C=O) groups excluding carboxylic acids is 2. The number of amides is 2. The van der Waals surface area contributed by atoms with Gasteiger partial charge in [0.05, 0.1) is 11.9 Å². The van der Waals surface area contributed by atoms with Crippen molar-refractivity contribution in [3.05, 3.63) is 53.8 Å². The highest BCUT2D eigenvalue weighted by Gasteiger charge is 2.32. The maximum atomic E-state index is 13.5. The lowest BCUT2D eigenvalue weighted by Gasteiger charge is -2.33. The van der Waals surface area contributed by atoms with Gasteiger partial charge in [0.1, 0.15) is 18.4 Å². The van der Waals surface area contributed by atoms with Crippen LogP contribution in [0.25, 0.3) is 0 Å². The van der Waals surface area contributed by atoms with Crippen LogP contribution in [-0.2, 0) is 26.2 Å². The summed E-state index contributed by atoms with van der Waals surface area (Å²) in [6.45, 7) is 6.46. The summed E-state index contributed by atoms with van der Waals surface area (Å²) in [7, 11) is -3.88. The van der Waals surface area contributed by atoms with Crippen molar-refractivity contribution >= 4 is 27.5 Å². The molecule has 190 valence electrons. The zero-order chi connectivity index (χ0) is 26.0. The minimum absolute atomic E-state index is 0.0163. The van der Waals surface area contributed by atoms with Crippen molar-refractivity contribution in [2.45, 2.75) is 45.8 Å². The molecule has 1 heterocycles. The maximum Gasteiger partial charge on any atom is 0.244 e. The van der Waals surface area contributed by atoms with Crippen LogP contribution in [0.3, 0.4) is 0 Å². The normalized spacial score (nSPS) is 13.8. The molecule has 0 radical (unpaired) electrons. The number of rotatable bonds is 8.